The van der Waals surface area contributed by atoms with Crippen molar-refractivity contribution >= 4 is 29.4 Å². The van der Waals surface area contributed by atoms with Gasteiger partial charge in [-0.3, -0.25) is 15.3 Å². The molecule has 0 saturated heterocycles. The topological polar surface area (TPSA) is 108 Å². The summed E-state index contributed by atoms with van der Waals surface area (Å²) in [5.74, 6) is -0.539. The summed E-state index contributed by atoms with van der Waals surface area (Å²) in [4.78, 5) is 24.6. The molecule has 2 aromatic carbocycles. The van der Waals surface area contributed by atoms with Gasteiger partial charge in [0.05, 0.1) is 0 Å². The fourth-order valence-electron chi connectivity index (χ4n) is 2.85. The molecule has 0 heterocycles. The van der Waals surface area contributed by atoms with E-state index in [-0.39, 0.29) is 11.7 Å². The summed E-state index contributed by atoms with van der Waals surface area (Å²) in [6.07, 6.45) is 4.94. The second-order valence-electron chi connectivity index (χ2n) is 6.70. The number of carbonyl (C=O) groups excluding carboxylic acids is 2. The lowest BCUT2D eigenvalue weighted by molar-refractivity contribution is -0.124. The largest absolute Gasteiger partial charge is 0.508 e. The molecule has 4 N–H and O–H groups in total. The van der Waals surface area contributed by atoms with Crippen LogP contribution in [0.25, 0.3) is 0 Å². The first-order valence-corrected chi connectivity index (χ1v) is 10.7. The number of nitrogens with one attached hydrogen (secondary N) is 2. The molecule has 8 heteroatoms. The van der Waals surface area contributed by atoms with Crippen molar-refractivity contribution in [3.05, 3.63) is 66.2 Å². The number of anilines is 1. The van der Waals surface area contributed by atoms with Gasteiger partial charge in [0.25, 0.3) is 5.91 Å². The van der Waals surface area contributed by atoms with Crippen LogP contribution in [0.5, 0.6) is 5.75 Å². The maximum absolute atomic E-state index is 12.5. The Morgan fingerprint density at radius 3 is 2.40 bits per heavy atom. The predicted molar refractivity (Wildman–Crippen MR) is 117 cm³/mol. The van der Waals surface area contributed by atoms with Gasteiger partial charge >= 0.3 is 6.09 Å². The molecule has 2 amide bonds. The van der Waals surface area contributed by atoms with Gasteiger partial charge in [-0.2, -0.15) is 0 Å². The molecule has 0 aromatic heterocycles. The molecule has 0 bridgehead atoms. The SMILES string of the molecule is CSc1ccc(NC(=O)O[C@@H](c2ccc(O)cc2)[C@@H](C)CC/C=C/C(=O)NO)cc1. The van der Waals surface area contributed by atoms with Gasteiger partial charge < -0.3 is 9.84 Å². The molecule has 2 aromatic rings. The Labute approximate surface area is 180 Å². The number of hydrogen-bond donors (Lipinski definition) is 4. The van der Waals surface area contributed by atoms with E-state index in [0.717, 1.165) is 10.5 Å². The molecule has 0 aliphatic heterocycles. The molecule has 0 unspecified atom stereocenters. The molecule has 160 valence electrons. The van der Waals surface area contributed by atoms with Crippen LogP contribution in [0.15, 0.2) is 65.6 Å². The molecular formula is C22H26N2O5S. The maximum atomic E-state index is 12.5. The summed E-state index contributed by atoms with van der Waals surface area (Å²) in [6, 6.07) is 14.0. The number of rotatable bonds is 9. The highest BCUT2D eigenvalue weighted by atomic mass is 32.2. The van der Waals surface area contributed by atoms with Gasteiger partial charge in [0.15, 0.2) is 0 Å². The number of aromatic hydroxyl groups is 1. The molecule has 30 heavy (non-hydrogen) atoms. The van der Waals surface area contributed by atoms with E-state index in [9.17, 15) is 14.7 Å². The van der Waals surface area contributed by atoms with E-state index in [1.807, 2.05) is 37.4 Å². The van der Waals surface area contributed by atoms with Gasteiger partial charge in [-0.1, -0.05) is 25.1 Å². The van der Waals surface area contributed by atoms with Crippen LogP contribution < -0.4 is 10.8 Å². The average molecular weight is 431 g/mol. The zero-order chi connectivity index (χ0) is 21.9. The van der Waals surface area contributed by atoms with Crippen molar-refractivity contribution in [3.8, 4) is 5.75 Å². The number of ether oxygens (including phenoxy) is 1. The Morgan fingerprint density at radius 2 is 1.80 bits per heavy atom. The summed E-state index contributed by atoms with van der Waals surface area (Å²) in [5, 5.41) is 20.8. The number of amides is 2. The number of carbonyl (C=O) groups is 2. The lowest BCUT2D eigenvalue weighted by Crippen LogP contribution is -2.22. The molecule has 0 saturated carbocycles. The first-order chi connectivity index (χ1) is 14.4. The van der Waals surface area contributed by atoms with Gasteiger partial charge in [0.1, 0.15) is 11.9 Å². The van der Waals surface area contributed by atoms with E-state index in [2.05, 4.69) is 5.32 Å². The summed E-state index contributed by atoms with van der Waals surface area (Å²) in [7, 11) is 0. The van der Waals surface area contributed by atoms with E-state index >= 15 is 0 Å². The Balaban J connectivity index is 2.06. The van der Waals surface area contributed by atoms with Gasteiger partial charge in [0.2, 0.25) is 0 Å². The molecule has 0 aliphatic rings. The number of hydroxylamine groups is 1. The standard InChI is InChI=1S/C22H26N2O5S/c1-15(5-3-4-6-20(26)24-28)21(16-7-11-18(25)12-8-16)29-22(27)23-17-9-13-19(30-2)14-10-17/h4,6-15,21,25,28H,3,5H2,1-2H3,(H,23,27)(H,24,26)/b6-4+/t15-,21+/m0/s1. The third-order valence-electron chi connectivity index (χ3n) is 4.48. The van der Waals surface area contributed by atoms with Crippen LogP contribution in [0.3, 0.4) is 0 Å². The zero-order valence-electron chi connectivity index (χ0n) is 16.9. The van der Waals surface area contributed by atoms with Crippen molar-refractivity contribution in [2.24, 2.45) is 5.92 Å². The van der Waals surface area contributed by atoms with Crippen LogP contribution in [0, 0.1) is 5.92 Å². The minimum absolute atomic E-state index is 0.0685. The van der Waals surface area contributed by atoms with Crippen molar-refractivity contribution in [2.75, 3.05) is 11.6 Å². The highest BCUT2D eigenvalue weighted by Crippen LogP contribution is 2.31. The summed E-state index contributed by atoms with van der Waals surface area (Å²) >= 11 is 1.61. The molecule has 2 rings (SSSR count). The third-order valence-corrected chi connectivity index (χ3v) is 5.22. The smallest absolute Gasteiger partial charge is 0.412 e. The number of benzene rings is 2. The minimum Gasteiger partial charge on any atom is -0.508 e. The van der Waals surface area contributed by atoms with Gasteiger partial charge in [-0.25, -0.2) is 10.3 Å². The van der Waals surface area contributed by atoms with E-state index in [0.29, 0.717) is 18.5 Å². The van der Waals surface area contributed by atoms with Crippen LogP contribution in [0.4, 0.5) is 10.5 Å². The van der Waals surface area contributed by atoms with Crippen molar-refractivity contribution in [3.63, 3.8) is 0 Å². The Morgan fingerprint density at radius 1 is 1.13 bits per heavy atom. The highest BCUT2D eigenvalue weighted by Gasteiger charge is 2.23. The second-order valence-corrected chi connectivity index (χ2v) is 7.58. The van der Waals surface area contributed by atoms with Crippen molar-refractivity contribution in [1.82, 2.24) is 5.48 Å². The van der Waals surface area contributed by atoms with Crippen LogP contribution >= 0.6 is 11.8 Å². The second kappa shape index (κ2) is 11.9. The first kappa shape index (κ1) is 23.3. The molecule has 0 spiro atoms. The average Bonchev–Trinajstić information content (AvgIpc) is 2.76. The molecular weight excluding hydrogens is 404 g/mol. The zero-order valence-corrected chi connectivity index (χ0v) is 17.7. The van der Waals surface area contributed by atoms with Crippen LogP contribution in [-0.4, -0.2) is 28.6 Å². The number of allylic oxidation sites excluding steroid dienone is 1. The summed E-state index contributed by atoms with van der Waals surface area (Å²) in [6.45, 7) is 1.94. The van der Waals surface area contributed by atoms with Gasteiger partial charge in [0, 0.05) is 16.7 Å². The lowest BCUT2D eigenvalue weighted by atomic mass is 9.93. The van der Waals surface area contributed by atoms with E-state index in [4.69, 9.17) is 9.94 Å². The minimum atomic E-state index is -0.596. The molecule has 0 aliphatic carbocycles. The number of thioether (sulfide) groups is 1. The van der Waals surface area contributed by atoms with E-state index in [1.165, 1.54) is 11.6 Å². The Bertz CT molecular complexity index is 853. The normalized spacial score (nSPS) is 12.9. The lowest BCUT2D eigenvalue weighted by Gasteiger charge is -2.24. The Hall–Kier alpha value is -2.97. The summed E-state index contributed by atoms with van der Waals surface area (Å²) < 4.78 is 5.72. The van der Waals surface area contributed by atoms with Crippen LogP contribution in [-0.2, 0) is 9.53 Å². The van der Waals surface area contributed by atoms with Crippen molar-refractivity contribution in [2.45, 2.75) is 30.8 Å². The Kier molecular flexibility index (Phi) is 9.24. The first-order valence-electron chi connectivity index (χ1n) is 9.44. The van der Waals surface area contributed by atoms with Gasteiger partial charge in [-0.05, 0) is 67.0 Å². The van der Waals surface area contributed by atoms with Crippen molar-refractivity contribution in [1.29, 1.82) is 0 Å². The number of hydrogen-bond acceptors (Lipinski definition) is 6. The maximum Gasteiger partial charge on any atom is 0.412 e. The third kappa shape index (κ3) is 7.46. The summed E-state index contributed by atoms with van der Waals surface area (Å²) in [5.41, 5.74) is 2.92. The van der Waals surface area contributed by atoms with Crippen LogP contribution in [0.2, 0.25) is 0 Å². The van der Waals surface area contributed by atoms with Crippen molar-refractivity contribution < 1.29 is 24.6 Å². The molecule has 0 fully saturated rings. The molecule has 0 radical (unpaired) electrons. The fourth-order valence-corrected chi connectivity index (χ4v) is 3.26. The predicted octanol–water partition coefficient (Wildman–Crippen LogP) is 4.88. The number of phenols is 1. The number of phenolic OH excluding ortho intramolecular Hbond substituents is 1. The molecule has 2 atom stereocenters. The van der Waals surface area contributed by atoms with Crippen LogP contribution in [0.1, 0.15) is 31.4 Å². The highest BCUT2D eigenvalue weighted by molar-refractivity contribution is 7.98. The monoisotopic (exact) mass is 430 g/mol. The molecule has 7 nitrogen and oxygen atoms in total. The quantitative estimate of drug-likeness (QED) is 0.195. The van der Waals surface area contributed by atoms with E-state index in [1.54, 1.807) is 42.1 Å². The van der Waals surface area contributed by atoms with E-state index < -0.39 is 18.1 Å². The fraction of sp³-hybridized carbons (Fsp3) is 0.273. The van der Waals surface area contributed by atoms with Gasteiger partial charge in [-0.15, -0.1) is 11.8 Å².